The van der Waals surface area contributed by atoms with Crippen LogP contribution in [-0.2, 0) is 16.0 Å². The van der Waals surface area contributed by atoms with Crippen molar-refractivity contribution in [2.75, 3.05) is 31.2 Å². The number of morpholine rings is 1. The molecule has 1 aliphatic rings. The Morgan fingerprint density at radius 3 is 2.54 bits per heavy atom. The lowest BCUT2D eigenvalue weighted by molar-refractivity contribution is -0.106. The standard InChI is InChI=1S/C19H19ClN2O.CH3NO/c20-18-3-1-2-17-15(13-21-19(17)18)12-14-4-6-16(7-5-14)22-8-10-23-11-9-22;2-1-3/h1-7,13,21H,8-12H2;1H,(H2,2,3). The summed E-state index contributed by atoms with van der Waals surface area (Å²) < 4.78 is 5.41. The molecule has 3 N–H and O–H groups in total. The second kappa shape index (κ2) is 8.74. The maximum absolute atomic E-state index is 8.58. The predicted molar refractivity (Wildman–Crippen MR) is 106 cm³/mol. The number of para-hydroxylation sites is 1. The minimum absolute atomic E-state index is 0.250. The van der Waals surface area contributed by atoms with Crippen molar-refractivity contribution >= 4 is 34.6 Å². The third-order valence-electron chi connectivity index (χ3n) is 4.46. The minimum atomic E-state index is 0.250. The van der Waals surface area contributed by atoms with Gasteiger partial charge in [0.05, 0.1) is 23.8 Å². The Morgan fingerprint density at radius 2 is 1.85 bits per heavy atom. The van der Waals surface area contributed by atoms with Crippen molar-refractivity contribution in [2.45, 2.75) is 6.42 Å². The summed E-state index contributed by atoms with van der Waals surface area (Å²) in [7, 11) is 0. The Hall–Kier alpha value is -2.50. The van der Waals surface area contributed by atoms with Crippen LogP contribution in [0.25, 0.3) is 10.9 Å². The molecule has 3 aromatic rings. The van der Waals surface area contributed by atoms with Gasteiger partial charge in [-0.3, -0.25) is 4.79 Å². The first kappa shape index (κ1) is 18.3. The van der Waals surface area contributed by atoms with Gasteiger partial charge in [0.2, 0.25) is 6.41 Å². The van der Waals surface area contributed by atoms with Crippen molar-refractivity contribution in [1.82, 2.24) is 4.98 Å². The molecule has 1 aromatic heterocycles. The molecule has 0 radical (unpaired) electrons. The van der Waals surface area contributed by atoms with E-state index in [1.165, 1.54) is 22.2 Å². The van der Waals surface area contributed by atoms with Crippen molar-refractivity contribution in [3.8, 4) is 0 Å². The van der Waals surface area contributed by atoms with Crippen LogP contribution in [0.2, 0.25) is 5.02 Å². The first-order valence-corrected chi connectivity index (χ1v) is 8.92. The molecule has 0 spiro atoms. The molecule has 4 rings (SSSR count). The molecule has 2 heterocycles. The third kappa shape index (κ3) is 4.18. The van der Waals surface area contributed by atoms with Gasteiger partial charge in [-0.2, -0.15) is 0 Å². The number of hydrogen-bond acceptors (Lipinski definition) is 3. The molecule has 0 bridgehead atoms. The van der Waals surface area contributed by atoms with Gasteiger partial charge in [0, 0.05) is 30.4 Å². The van der Waals surface area contributed by atoms with E-state index in [0.29, 0.717) is 0 Å². The molecule has 1 saturated heterocycles. The van der Waals surface area contributed by atoms with E-state index in [0.717, 1.165) is 43.3 Å². The molecule has 1 amide bonds. The number of anilines is 1. The summed E-state index contributed by atoms with van der Waals surface area (Å²) in [5, 5.41) is 1.98. The lowest BCUT2D eigenvalue weighted by Crippen LogP contribution is -2.36. The fraction of sp³-hybridized carbons (Fsp3) is 0.250. The number of nitrogens with two attached hydrogens (primary N) is 1. The largest absolute Gasteiger partial charge is 0.378 e. The number of H-pyrrole nitrogens is 1. The predicted octanol–water partition coefficient (Wildman–Crippen LogP) is 3.35. The maximum atomic E-state index is 8.58. The summed E-state index contributed by atoms with van der Waals surface area (Å²) >= 11 is 6.23. The quantitative estimate of drug-likeness (QED) is 0.693. The second-order valence-electron chi connectivity index (χ2n) is 6.06. The zero-order chi connectivity index (χ0) is 18.4. The van der Waals surface area contributed by atoms with Crippen molar-refractivity contribution in [2.24, 2.45) is 5.73 Å². The molecule has 0 atom stereocenters. The number of amides is 1. The summed E-state index contributed by atoms with van der Waals surface area (Å²) in [5.41, 5.74) is 9.05. The van der Waals surface area contributed by atoms with Crippen LogP contribution in [0.1, 0.15) is 11.1 Å². The molecule has 1 fully saturated rings. The first-order valence-electron chi connectivity index (χ1n) is 8.54. The van der Waals surface area contributed by atoms with Gasteiger partial charge < -0.3 is 20.4 Å². The number of fused-ring (bicyclic) bond motifs is 1. The molecule has 2 aromatic carbocycles. The zero-order valence-electron chi connectivity index (χ0n) is 14.5. The van der Waals surface area contributed by atoms with E-state index in [2.05, 4.69) is 52.1 Å². The van der Waals surface area contributed by atoms with Crippen molar-refractivity contribution in [1.29, 1.82) is 0 Å². The van der Waals surface area contributed by atoms with E-state index >= 15 is 0 Å². The number of carbonyl (C=O) groups is 1. The SMILES string of the molecule is Clc1cccc2c(Cc3ccc(N4CCOCC4)cc3)c[nH]c12.NC=O. The number of aromatic nitrogens is 1. The Balaban J connectivity index is 0.000000613. The number of primary amides is 1. The summed E-state index contributed by atoms with van der Waals surface area (Å²) in [5.74, 6) is 0. The lowest BCUT2D eigenvalue weighted by atomic mass is 10.0. The summed E-state index contributed by atoms with van der Waals surface area (Å²) in [4.78, 5) is 14.2. The molecule has 6 heteroatoms. The van der Waals surface area contributed by atoms with Crippen LogP contribution in [-0.4, -0.2) is 37.7 Å². The molecule has 0 unspecified atom stereocenters. The highest BCUT2D eigenvalue weighted by Crippen LogP contribution is 2.27. The third-order valence-corrected chi connectivity index (χ3v) is 4.77. The molecule has 0 saturated carbocycles. The van der Waals surface area contributed by atoms with Crippen molar-refractivity contribution in [3.05, 3.63) is 64.8 Å². The van der Waals surface area contributed by atoms with E-state index < -0.39 is 0 Å². The van der Waals surface area contributed by atoms with Crippen LogP contribution >= 0.6 is 11.6 Å². The lowest BCUT2D eigenvalue weighted by Gasteiger charge is -2.28. The number of benzene rings is 2. The van der Waals surface area contributed by atoms with Crippen molar-refractivity contribution < 1.29 is 9.53 Å². The molecular formula is C20H22ClN3O2. The average molecular weight is 372 g/mol. The second-order valence-corrected chi connectivity index (χ2v) is 6.46. The van der Waals surface area contributed by atoms with Crippen LogP contribution in [0, 0.1) is 0 Å². The average Bonchev–Trinajstić information content (AvgIpc) is 3.08. The van der Waals surface area contributed by atoms with E-state index in [9.17, 15) is 0 Å². The van der Waals surface area contributed by atoms with Gasteiger partial charge >= 0.3 is 0 Å². The van der Waals surface area contributed by atoms with E-state index in [1.54, 1.807) is 0 Å². The van der Waals surface area contributed by atoms with Gasteiger partial charge in [0.1, 0.15) is 0 Å². The highest BCUT2D eigenvalue weighted by Gasteiger charge is 2.11. The van der Waals surface area contributed by atoms with Gasteiger partial charge in [0.25, 0.3) is 0 Å². The summed E-state index contributed by atoms with van der Waals surface area (Å²) in [6.07, 6.45) is 3.22. The Labute approximate surface area is 157 Å². The molecule has 5 nitrogen and oxygen atoms in total. The number of ether oxygens (including phenoxy) is 1. The van der Waals surface area contributed by atoms with Gasteiger partial charge in [-0.1, -0.05) is 35.9 Å². The molecular weight excluding hydrogens is 350 g/mol. The Kier molecular flexibility index (Phi) is 6.15. The number of rotatable bonds is 3. The minimum Gasteiger partial charge on any atom is -0.378 e. The highest BCUT2D eigenvalue weighted by atomic mass is 35.5. The summed E-state index contributed by atoms with van der Waals surface area (Å²) in [6.45, 7) is 3.58. The number of hydrogen-bond donors (Lipinski definition) is 2. The number of nitrogens with zero attached hydrogens (tertiary/aromatic N) is 1. The molecule has 26 heavy (non-hydrogen) atoms. The number of nitrogens with one attached hydrogen (secondary N) is 1. The number of aromatic amines is 1. The van der Waals surface area contributed by atoms with Crippen LogP contribution in [0.5, 0.6) is 0 Å². The molecule has 1 aliphatic heterocycles. The van der Waals surface area contributed by atoms with E-state index in [4.69, 9.17) is 21.1 Å². The fourth-order valence-corrected chi connectivity index (χ4v) is 3.42. The van der Waals surface area contributed by atoms with Gasteiger partial charge in [-0.15, -0.1) is 0 Å². The summed E-state index contributed by atoms with van der Waals surface area (Å²) in [6, 6.07) is 14.9. The zero-order valence-corrected chi connectivity index (χ0v) is 15.2. The first-order chi connectivity index (χ1) is 12.7. The van der Waals surface area contributed by atoms with Gasteiger partial charge in [-0.05, 0) is 35.7 Å². The Morgan fingerprint density at radius 1 is 1.15 bits per heavy atom. The number of carbonyl (C=O) groups excluding carboxylic acids is 1. The van der Waals surface area contributed by atoms with Gasteiger partial charge in [-0.25, -0.2) is 0 Å². The highest BCUT2D eigenvalue weighted by molar-refractivity contribution is 6.35. The van der Waals surface area contributed by atoms with Crippen LogP contribution in [0.3, 0.4) is 0 Å². The monoisotopic (exact) mass is 371 g/mol. The fourth-order valence-electron chi connectivity index (χ4n) is 3.19. The Bertz CT molecular complexity index is 855. The topological polar surface area (TPSA) is 71.3 Å². The smallest absolute Gasteiger partial charge is 0.204 e. The maximum Gasteiger partial charge on any atom is 0.204 e. The van der Waals surface area contributed by atoms with Crippen LogP contribution in [0.4, 0.5) is 5.69 Å². The van der Waals surface area contributed by atoms with E-state index in [1.807, 2.05) is 12.1 Å². The van der Waals surface area contributed by atoms with Crippen LogP contribution < -0.4 is 10.6 Å². The van der Waals surface area contributed by atoms with Crippen molar-refractivity contribution in [3.63, 3.8) is 0 Å². The van der Waals surface area contributed by atoms with Crippen LogP contribution in [0.15, 0.2) is 48.7 Å². The van der Waals surface area contributed by atoms with E-state index in [-0.39, 0.29) is 6.41 Å². The van der Waals surface area contributed by atoms with Gasteiger partial charge in [0.15, 0.2) is 0 Å². The molecule has 0 aliphatic carbocycles. The number of halogens is 1. The molecule has 136 valence electrons. The normalized spacial score (nSPS) is 14.0.